The first kappa shape index (κ1) is 22.8. The molecular formula is C24H23N3O4S2. The molecule has 4 rings (SSSR count). The lowest BCUT2D eigenvalue weighted by molar-refractivity contribution is 0.102. The van der Waals surface area contributed by atoms with Crippen LogP contribution in [0.3, 0.4) is 0 Å². The van der Waals surface area contributed by atoms with E-state index in [9.17, 15) is 18.0 Å². The largest absolute Gasteiger partial charge is 0.322 e. The molecule has 4 aromatic rings. The maximum atomic E-state index is 12.8. The van der Waals surface area contributed by atoms with Crippen molar-refractivity contribution >= 4 is 48.9 Å². The lowest BCUT2D eigenvalue weighted by atomic mass is 10.2. The van der Waals surface area contributed by atoms with Gasteiger partial charge in [0, 0.05) is 23.0 Å². The first-order valence-corrected chi connectivity index (χ1v) is 12.6. The van der Waals surface area contributed by atoms with Crippen LogP contribution < -0.4 is 14.9 Å². The van der Waals surface area contributed by atoms with E-state index in [-0.39, 0.29) is 27.4 Å². The minimum absolute atomic E-state index is 0.0399. The highest BCUT2D eigenvalue weighted by atomic mass is 32.2. The van der Waals surface area contributed by atoms with Gasteiger partial charge in [-0.25, -0.2) is 8.42 Å². The van der Waals surface area contributed by atoms with E-state index in [2.05, 4.69) is 10.0 Å². The first-order valence-electron chi connectivity index (χ1n) is 10.3. The zero-order valence-electron chi connectivity index (χ0n) is 18.3. The summed E-state index contributed by atoms with van der Waals surface area (Å²) in [5, 5.41) is 2.82. The van der Waals surface area contributed by atoms with Crippen molar-refractivity contribution in [1.29, 1.82) is 0 Å². The van der Waals surface area contributed by atoms with E-state index < -0.39 is 10.0 Å². The number of aryl methyl sites for hydroxylation is 1. The zero-order chi connectivity index (χ0) is 23.8. The normalized spacial score (nSPS) is 11.6. The summed E-state index contributed by atoms with van der Waals surface area (Å²) >= 11 is 1.13. The second-order valence-electron chi connectivity index (χ2n) is 7.97. The minimum atomic E-state index is -3.78. The van der Waals surface area contributed by atoms with E-state index in [1.54, 1.807) is 47.0 Å². The van der Waals surface area contributed by atoms with E-state index in [1.807, 2.05) is 26.8 Å². The number of amides is 1. The summed E-state index contributed by atoms with van der Waals surface area (Å²) in [5.74, 6) is -0.388. The molecule has 0 bridgehead atoms. The van der Waals surface area contributed by atoms with Crippen LogP contribution in [0.5, 0.6) is 0 Å². The Morgan fingerprint density at radius 3 is 2.39 bits per heavy atom. The van der Waals surface area contributed by atoms with Crippen LogP contribution in [0.1, 0.15) is 35.8 Å². The van der Waals surface area contributed by atoms with Gasteiger partial charge in [-0.15, -0.1) is 0 Å². The number of rotatable bonds is 6. The molecule has 3 aromatic carbocycles. The molecule has 0 aliphatic rings. The summed E-state index contributed by atoms with van der Waals surface area (Å²) < 4.78 is 30.3. The van der Waals surface area contributed by atoms with Crippen molar-refractivity contribution in [1.82, 2.24) is 4.57 Å². The van der Waals surface area contributed by atoms with Gasteiger partial charge >= 0.3 is 4.87 Å². The van der Waals surface area contributed by atoms with Crippen LogP contribution >= 0.6 is 11.3 Å². The van der Waals surface area contributed by atoms with E-state index in [1.165, 1.54) is 18.2 Å². The Balaban J connectivity index is 1.54. The van der Waals surface area contributed by atoms with Crippen molar-refractivity contribution < 1.29 is 13.2 Å². The maximum Gasteiger partial charge on any atom is 0.308 e. The van der Waals surface area contributed by atoms with Gasteiger partial charge in [0.1, 0.15) is 0 Å². The molecule has 0 saturated heterocycles. The van der Waals surface area contributed by atoms with Crippen LogP contribution in [-0.4, -0.2) is 18.9 Å². The third-order valence-corrected chi connectivity index (χ3v) is 7.41. The van der Waals surface area contributed by atoms with E-state index in [0.29, 0.717) is 11.3 Å². The number of nitrogens with zero attached hydrogens (tertiary/aromatic N) is 1. The number of benzene rings is 3. The predicted molar refractivity (Wildman–Crippen MR) is 133 cm³/mol. The molecular weight excluding hydrogens is 458 g/mol. The molecule has 0 aliphatic carbocycles. The number of hydrogen-bond acceptors (Lipinski definition) is 5. The Bertz CT molecular complexity index is 1500. The number of nitrogens with one attached hydrogen (secondary N) is 2. The molecule has 0 unspecified atom stereocenters. The molecule has 0 aliphatic heterocycles. The SMILES string of the molecule is Cc1ccc(S(=O)(=O)Nc2cccc(C(=O)Nc3ccc4c(c3)sc(=O)n4C(C)C)c2)cc1. The number of carbonyl (C=O) groups is 1. The van der Waals surface area contributed by atoms with Crippen molar-refractivity contribution in [3.05, 3.63) is 87.5 Å². The average molecular weight is 482 g/mol. The van der Waals surface area contributed by atoms with Crippen LogP contribution in [0.4, 0.5) is 11.4 Å². The summed E-state index contributed by atoms with van der Waals surface area (Å²) in [7, 11) is -3.78. The average Bonchev–Trinajstić information content (AvgIpc) is 3.09. The Kier molecular flexibility index (Phi) is 6.09. The van der Waals surface area contributed by atoms with E-state index >= 15 is 0 Å². The molecule has 9 heteroatoms. The molecule has 0 radical (unpaired) electrons. The summed E-state index contributed by atoms with van der Waals surface area (Å²) in [6.07, 6.45) is 0. The van der Waals surface area contributed by atoms with Gasteiger partial charge in [-0.05, 0) is 69.3 Å². The van der Waals surface area contributed by atoms with Crippen LogP contribution in [0.25, 0.3) is 10.2 Å². The molecule has 1 aromatic heterocycles. The first-order chi connectivity index (χ1) is 15.6. The third kappa shape index (κ3) is 4.84. The Labute approximate surface area is 195 Å². The monoisotopic (exact) mass is 481 g/mol. The number of sulfonamides is 1. The molecule has 0 atom stereocenters. The van der Waals surface area contributed by atoms with Gasteiger partial charge in [0.05, 0.1) is 15.1 Å². The predicted octanol–water partition coefficient (Wildman–Crippen LogP) is 5.01. The van der Waals surface area contributed by atoms with E-state index in [0.717, 1.165) is 27.1 Å². The lowest BCUT2D eigenvalue weighted by Crippen LogP contribution is -2.15. The molecule has 170 valence electrons. The second kappa shape index (κ2) is 8.84. The van der Waals surface area contributed by atoms with Gasteiger partial charge in [-0.2, -0.15) is 0 Å². The highest BCUT2D eigenvalue weighted by molar-refractivity contribution is 7.92. The van der Waals surface area contributed by atoms with Crippen molar-refractivity contribution in [2.45, 2.75) is 31.7 Å². The minimum Gasteiger partial charge on any atom is -0.322 e. The van der Waals surface area contributed by atoms with Crippen molar-refractivity contribution in [3.8, 4) is 0 Å². The number of anilines is 2. The summed E-state index contributed by atoms with van der Waals surface area (Å²) in [4.78, 5) is 25.1. The summed E-state index contributed by atoms with van der Waals surface area (Å²) in [6, 6.07) is 18.2. The Hall–Kier alpha value is -3.43. The topological polar surface area (TPSA) is 97.3 Å². The fourth-order valence-corrected chi connectivity index (χ4v) is 5.56. The highest BCUT2D eigenvalue weighted by Gasteiger charge is 2.16. The molecule has 1 heterocycles. The van der Waals surface area contributed by atoms with Gasteiger partial charge in [0.25, 0.3) is 15.9 Å². The van der Waals surface area contributed by atoms with Crippen molar-refractivity contribution in [2.75, 3.05) is 10.0 Å². The molecule has 33 heavy (non-hydrogen) atoms. The van der Waals surface area contributed by atoms with Gasteiger partial charge in [-0.1, -0.05) is 35.1 Å². The number of carbonyl (C=O) groups excluding carboxylic acids is 1. The lowest BCUT2D eigenvalue weighted by Gasteiger charge is -2.11. The van der Waals surface area contributed by atoms with Crippen LogP contribution in [0.15, 0.2) is 76.4 Å². The Morgan fingerprint density at radius 1 is 0.970 bits per heavy atom. The standard InChI is InChI=1S/C24H23N3O4S2/c1-15(2)27-21-12-9-18(14-22(21)32-24(27)29)25-23(28)17-5-4-6-19(13-17)26-33(30,31)20-10-7-16(3)8-11-20/h4-15,26H,1-3H3,(H,25,28). The molecule has 0 saturated carbocycles. The molecule has 7 nitrogen and oxygen atoms in total. The van der Waals surface area contributed by atoms with Crippen LogP contribution in [-0.2, 0) is 10.0 Å². The molecule has 0 fully saturated rings. The quantitative estimate of drug-likeness (QED) is 0.405. The number of fused-ring (bicyclic) bond motifs is 1. The number of aromatic nitrogens is 1. The Morgan fingerprint density at radius 2 is 1.70 bits per heavy atom. The van der Waals surface area contributed by atoms with Crippen LogP contribution in [0.2, 0.25) is 0 Å². The van der Waals surface area contributed by atoms with Crippen LogP contribution in [0, 0.1) is 6.92 Å². The summed E-state index contributed by atoms with van der Waals surface area (Å²) in [6.45, 7) is 5.77. The highest BCUT2D eigenvalue weighted by Crippen LogP contribution is 2.25. The van der Waals surface area contributed by atoms with E-state index in [4.69, 9.17) is 0 Å². The smallest absolute Gasteiger partial charge is 0.308 e. The van der Waals surface area contributed by atoms with Crippen molar-refractivity contribution in [2.24, 2.45) is 0 Å². The summed E-state index contributed by atoms with van der Waals surface area (Å²) in [5.41, 5.74) is 2.91. The fraction of sp³-hybridized carbons (Fsp3) is 0.167. The molecule has 2 N–H and O–H groups in total. The molecule has 1 amide bonds. The fourth-order valence-electron chi connectivity index (χ4n) is 3.46. The maximum absolute atomic E-state index is 12.8. The zero-order valence-corrected chi connectivity index (χ0v) is 20.0. The molecule has 0 spiro atoms. The number of thiazole rings is 1. The van der Waals surface area contributed by atoms with Gasteiger partial charge in [0.15, 0.2) is 0 Å². The third-order valence-electron chi connectivity index (χ3n) is 5.10. The second-order valence-corrected chi connectivity index (χ2v) is 10.6. The van der Waals surface area contributed by atoms with Gasteiger partial charge in [-0.3, -0.25) is 18.9 Å². The van der Waals surface area contributed by atoms with Gasteiger partial charge < -0.3 is 5.32 Å². The number of hydrogen-bond donors (Lipinski definition) is 2. The van der Waals surface area contributed by atoms with Crippen molar-refractivity contribution in [3.63, 3.8) is 0 Å². The van der Waals surface area contributed by atoms with Gasteiger partial charge in [0.2, 0.25) is 0 Å².